The van der Waals surface area contributed by atoms with E-state index >= 15 is 0 Å². The van der Waals surface area contributed by atoms with Gasteiger partial charge in [0.2, 0.25) is 12.2 Å². The zero-order valence-corrected chi connectivity index (χ0v) is 9.06. The Kier molecular flexibility index (Phi) is 3.45. The Morgan fingerprint density at radius 3 is 2.81 bits per heavy atom. The zero-order chi connectivity index (χ0) is 11.4. The van der Waals surface area contributed by atoms with Crippen LogP contribution in [0.25, 0.3) is 0 Å². The molecular weight excluding hydrogens is 204 g/mol. The van der Waals surface area contributed by atoms with E-state index in [4.69, 9.17) is 0 Å². The van der Waals surface area contributed by atoms with Crippen LogP contribution in [0.1, 0.15) is 32.1 Å². The van der Waals surface area contributed by atoms with E-state index in [1.807, 2.05) is 6.08 Å². The second-order valence-electron chi connectivity index (χ2n) is 4.40. The van der Waals surface area contributed by atoms with Gasteiger partial charge in [0.25, 0.3) is 0 Å². The van der Waals surface area contributed by atoms with Crippen LogP contribution in [0.4, 0.5) is 0 Å². The predicted molar refractivity (Wildman–Crippen MR) is 58.2 cm³/mol. The van der Waals surface area contributed by atoms with Crippen LogP contribution in [-0.4, -0.2) is 18.2 Å². The van der Waals surface area contributed by atoms with Crippen molar-refractivity contribution in [1.29, 1.82) is 0 Å². The van der Waals surface area contributed by atoms with Crippen molar-refractivity contribution >= 4 is 12.2 Å². The molecule has 0 radical (unpaired) electrons. The molecule has 0 aromatic carbocycles. The largest absolute Gasteiger partial charge is 0.240 e. The lowest BCUT2D eigenvalue weighted by Crippen LogP contribution is -2.33. The molecule has 0 aromatic heterocycles. The number of hydrogen-bond donors (Lipinski definition) is 0. The van der Waals surface area contributed by atoms with Gasteiger partial charge in [-0.25, -0.2) is 14.6 Å². The number of allylic oxidation sites excluding steroid dienone is 2. The van der Waals surface area contributed by atoms with Crippen molar-refractivity contribution in [2.75, 3.05) is 0 Å². The summed E-state index contributed by atoms with van der Waals surface area (Å²) in [4.78, 5) is 28.4. The Morgan fingerprint density at radius 2 is 2.06 bits per heavy atom. The lowest BCUT2D eigenvalue weighted by molar-refractivity contribution is 0.212. The molecule has 0 spiro atoms. The molecule has 16 heavy (non-hydrogen) atoms. The number of aliphatic imine (C=N–C) groups is 2. The van der Waals surface area contributed by atoms with Crippen molar-refractivity contribution in [3.63, 3.8) is 0 Å². The van der Waals surface area contributed by atoms with Crippen molar-refractivity contribution in [3.8, 4) is 0 Å². The molecule has 2 aliphatic carbocycles. The Bertz CT molecular complexity index is 390. The number of hydrogen-bond acceptors (Lipinski definition) is 4. The Hall–Kier alpha value is -1.50. The van der Waals surface area contributed by atoms with E-state index in [1.165, 1.54) is 0 Å². The highest BCUT2D eigenvalue weighted by Crippen LogP contribution is 2.42. The molecule has 3 atom stereocenters. The lowest BCUT2D eigenvalue weighted by atomic mass is 9.70. The summed E-state index contributed by atoms with van der Waals surface area (Å²) in [6.07, 6.45) is 10.2. The van der Waals surface area contributed by atoms with Gasteiger partial charge in [0, 0.05) is 5.92 Å². The van der Waals surface area contributed by atoms with E-state index in [1.54, 1.807) is 12.2 Å². The molecule has 3 unspecified atom stereocenters. The summed E-state index contributed by atoms with van der Waals surface area (Å²) in [5, 5.41) is 0. The normalized spacial score (nSPS) is 32.8. The van der Waals surface area contributed by atoms with Gasteiger partial charge in [-0.15, -0.1) is 0 Å². The molecule has 0 amide bonds. The first-order chi connectivity index (χ1) is 7.86. The molecule has 0 aromatic rings. The molecule has 1 fully saturated rings. The average Bonchev–Trinajstić information content (AvgIpc) is 2.31. The van der Waals surface area contributed by atoms with Crippen molar-refractivity contribution in [3.05, 3.63) is 11.8 Å². The fraction of sp³-hybridized carbons (Fsp3) is 0.667. The predicted octanol–water partition coefficient (Wildman–Crippen LogP) is 2.12. The van der Waals surface area contributed by atoms with E-state index in [-0.39, 0.29) is 12.0 Å². The van der Waals surface area contributed by atoms with E-state index in [0.29, 0.717) is 5.92 Å². The lowest BCUT2D eigenvalue weighted by Gasteiger charge is -2.37. The van der Waals surface area contributed by atoms with Gasteiger partial charge in [0.1, 0.15) is 0 Å². The average molecular weight is 218 g/mol. The number of rotatable bonds is 2. The van der Waals surface area contributed by atoms with Crippen molar-refractivity contribution in [1.82, 2.24) is 0 Å². The van der Waals surface area contributed by atoms with Crippen LogP contribution in [0.2, 0.25) is 0 Å². The molecule has 84 valence electrons. The van der Waals surface area contributed by atoms with Crippen LogP contribution in [0.3, 0.4) is 0 Å². The summed E-state index contributed by atoms with van der Waals surface area (Å²) in [6.45, 7) is 0. The minimum Gasteiger partial charge on any atom is -0.211 e. The maximum absolute atomic E-state index is 10.4. The van der Waals surface area contributed by atoms with Crippen LogP contribution < -0.4 is 0 Å². The van der Waals surface area contributed by atoms with Gasteiger partial charge >= 0.3 is 0 Å². The number of fused-ring (bicyclic) bond motifs is 1. The van der Waals surface area contributed by atoms with Gasteiger partial charge in [-0.3, -0.25) is 0 Å². The third-order valence-electron chi connectivity index (χ3n) is 3.65. The standard InChI is InChI=1S/C12H14N2O2/c15-7-13-11-5-1-3-9-10(11)4-2-6-12(9)14-8-16/h5,9-10,12H,1-4,6H2. The molecule has 2 aliphatic rings. The molecule has 4 nitrogen and oxygen atoms in total. The highest BCUT2D eigenvalue weighted by molar-refractivity contribution is 5.38. The molecule has 0 bridgehead atoms. The van der Waals surface area contributed by atoms with Gasteiger partial charge in [0.15, 0.2) is 0 Å². The summed E-state index contributed by atoms with van der Waals surface area (Å²) in [5.74, 6) is 0.637. The summed E-state index contributed by atoms with van der Waals surface area (Å²) in [6, 6.07) is 0.0711. The minimum atomic E-state index is 0.0711. The molecule has 4 heteroatoms. The van der Waals surface area contributed by atoms with Crippen LogP contribution in [0, 0.1) is 11.8 Å². The second-order valence-corrected chi connectivity index (χ2v) is 4.40. The maximum atomic E-state index is 10.4. The summed E-state index contributed by atoms with van der Waals surface area (Å²) < 4.78 is 0. The fourth-order valence-electron chi connectivity index (χ4n) is 2.99. The summed E-state index contributed by atoms with van der Waals surface area (Å²) >= 11 is 0. The quantitative estimate of drug-likeness (QED) is 0.526. The van der Waals surface area contributed by atoms with E-state index < -0.39 is 0 Å². The third-order valence-corrected chi connectivity index (χ3v) is 3.65. The molecule has 2 rings (SSSR count). The Morgan fingerprint density at radius 1 is 1.19 bits per heavy atom. The zero-order valence-electron chi connectivity index (χ0n) is 9.06. The minimum absolute atomic E-state index is 0.0711. The smallest absolute Gasteiger partial charge is 0.211 e. The maximum Gasteiger partial charge on any atom is 0.240 e. The Labute approximate surface area is 94.2 Å². The number of carbonyl (C=O) groups excluding carboxylic acids is 2. The van der Waals surface area contributed by atoms with Gasteiger partial charge in [0.05, 0.1) is 11.7 Å². The second kappa shape index (κ2) is 5.02. The first-order valence-corrected chi connectivity index (χ1v) is 5.71. The highest BCUT2D eigenvalue weighted by Gasteiger charge is 2.36. The molecule has 1 saturated carbocycles. The molecular formula is C12H14N2O2. The van der Waals surface area contributed by atoms with Crippen molar-refractivity contribution < 1.29 is 9.59 Å². The summed E-state index contributed by atoms with van der Waals surface area (Å²) in [7, 11) is 0. The Balaban J connectivity index is 2.23. The summed E-state index contributed by atoms with van der Waals surface area (Å²) in [5.41, 5.74) is 0.844. The van der Waals surface area contributed by atoms with Gasteiger partial charge in [-0.2, -0.15) is 4.99 Å². The fourth-order valence-corrected chi connectivity index (χ4v) is 2.99. The SMILES string of the molecule is O=C=NC1=CCCC2C(N=C=O)CCCC12. The van der Waals surface area contributed by atoms with Crippen LogP contribution in [-0.2, 0) is 9.59 Å². The molecule has 0 saturated heterocycles. The van der Waals surface area contributed by atoms with Crippen molar-refractivity contribution in [2.24, 2.45) is 21.8 Å². The monoisotopic (exact) mass is 218 g/mol. The van der Waals surface area contributed by atoms with Gasteiger partial charge < -0.3 is 0 Å². The van der Waals surface area contributed by atoms with Crippen LogP contribution in [0.5, 0.6) is 0 Å². The number of nitrogens with zero attached hydrogens (tertiary/aromatic N) is 2. The van der Waals surface area contributed by atoms with Crippen molar-refractivity contribution in [2.45, 2.75) is 38.1 Å². The van der Waals surface area contributed by atoms with Crippen LogP contribution >= 0.6 is 0 Å². The molecule has 0 aliphatic heterocycles. The highest BCUT2D eigenvalue weighted by atomic mass is 16.1. The molecule has 0 N–H and O–H groups in total. The number of isocyanates is 2. The third kappa shape index (κ3) is 2.04. The first kappa shape index (κ1) is 11.0. The van der Waals surface area contributed by atoms with E-state index in [0.717, 1.165) is 37.8 Å². The first-order valence-electron chi connectivity index (χ1n) is 5.71. The van der Waals surface area contributed by atoms with E-state index in [2.05, 4.69) is 9.98 Å². The van der Waals surface area contributed by atoms with Gasteiger partial charge in [-0.05, 0) is 31.6 Å². The van der Waals surface area contributed by atoms with E-state index in [9.17, 15) is 9.59 Å². The van der Waals surface area contributed by atoms with Crippen LogP contribution in [0.15, 0.2) is 21.8 Å². The van der Waals surface area contributed by atoms with Gasteiger partial charge in [-0.1, -0.05) is 12.5 Å². The topological polar surface area (TPSA) is 58.9 Å². The molecule has 0 heterocycles.